The van der Waals surface area contributed by atoms with Gasteiger partial charge in [-0.2, -0.15) is 0 Å². The monoisotopic (exact) mass is 742 g/mol. The normalized spacial score (nSPS) is 21.9. The van der Waals surface area contributed by atoms with Crippen molar-refractivity contribution in [2.75, 3.05) is 13.2 Å². The number of aliphatic hydroxyl groups is 5. The first-order valence-corrected chi connectivity index (χ1v) is 21.9. The second kappa shape index (κ2) is 34.4. The smallest absolute Gasteiger partial charge is 0.220 e. The van der Waals surface area contributed by atoms with Crippen LogP contribution in [0.15, 0.2) is 12.2 Å². The summed E-state index contributed by atoms with van der Waals surface area (Å²) in [5.41, 5.74) is 0. The molecule has 0 bridgehead atoms. The van der Waals surface area contributed by atoms with Crippen LogP contribution in [0.5, 0.6) is 0 Å². The van der Waals surface area contributed by atoms with Crippen LogP contribution in [0.1, 0.15) is 200 Å². The van der Waals surface area contributed by atoms with E-state index in [4.69, 9.17) is 9.47 Å². The molecule has 1 aliphatic heterocycles. The molecule has 0 aromatic heterocycles. The molecule has 1 amide bonds. The Hall–Kier alpha value is -1.07. The molecule has 1 aliphatic rings. The van der Waals surface area contributed by atoms with Crippen molar-refractivity contribution in [3.8, 4) is 0 Å². The van der Waals surface area contributed by atoms with Gasteiger partial charge in [-0.15, -0.1) is 0 Å². The molecule has 9 nitrogen and oxygen atoms in total. The van der Waals surface area contributed by atoms with Crippen molar-refractivity contribution in [1.82, 2.24) is 5.32 Å². The number of allylic oxidation sites excluding steroid dienone is 2. The zero-order valence-corrected chi connectivity index (χ0v) is 33.6. The number of carbonyl (C=O) groups is 1. The van der Waals surface area contributed by atoms with Crippen molar-refractivity contribution >= 4 is 5.91 Å². The molecule has 6 N–H and O–H groups in total. The molecule has 0 aromatic carbocycles. The maximum Gasteiger partial charge on any atom is 0.220 e. The maximum atomic E-state index is 12.9. The number of carbonyl (C=O) groups excluding carboxylic acids is 1. The molecule has 0 aliphatic carbocycles. The van der Waals surface area contributed by atoms with Crippen LogP contribution < -0.4 is 5.32 Å². The highest BCUT2D eigenvalue weighted by Gasteiger charge is 2.44. The van der Waals surface area contributed by atoms with Gasteiger partial charge in [-0.25, -0.2) is 0 Å². The van der Waals surface area contributed by atoms with E-state index in [1.165, 1.54) is 135 Å². The highest BCUT2D eigenvalue weighted by atomic mass is 16.7. The molecule has 0 aromatic rings. The van der Waals surface area contributed by atoms with Crippen LogP contribution in [0.4, 0.5) is 0 Å². The fraction of sp³-hybridized carbons (Fsp3) is 0.930. The van der Waals surface area contributed by atoms with Gasteiger partial charge in [0.1, 0.15) is 24.4 Å². The molecule has 7 unspecified atom stereocenters. The summed E-state index contributed by atoms with van der Waals surface area (Å²) in [4.78, 5) is 12.9. The van der Waals surface area contributed by atoms with Crippen molar-refractivity contribution in [1.29, 1.82) is 0 Å². The molecule has 1 fully saturated rings. The number of unbranched alkanes of at least 4 members (excludes halogenated alkanes) is 24. The lowest BCUT2D eigenvalue weighted by atomic mass is 9.99. The fourth-order valence-electron chi connectivity index (χ4n) is 7.04. The minimum absolute atomic E-state index is 0.137. The lowest BCUT2D eigenvalue weighted by Crippen LogP contribution is -2.60. The third-order valence-corrected chi connectivity index (χ3v) is 10.6. The highest BCUT2D eigenvalue weighted by molar-refractivity contribution is 5.76. The quantitative estimate of drug-likeness (QED) is 0.0277. The average Bonchev–Trinajstić information content (AvgIpc) is 3.14. The first kappa shape index (κ1) is 48.9. The van der Waals surface area contributed by atoms with E-state index >= 15 is 0 Å². The van der Waals surface area contributed by atoms with E-state index in [1.807, 2.05) is 0 Å². The Morgan fingerprint density at radius 3 is 1.56 bits per heavy atom. The minimum Gasteiger partial charge on any atom is -0.394 e. The number of aliphatic hydroxyl groups excluding tert-OH is 5. The Bertz CT molecular complexity index is 827. The fourth-order valence-corrected chi connectivity index (χ4v) is 7.04. The van der Waals surface area contributed by atoms with Gasteiger partial charge in [0.25, 0.3) is 0 Å². The summed E-state index contributed by atoms with van der Waals surface area (Å²) >= 11 is 0. The highest BCUT2D eigenvalue weighted by Crippen LogP contribution is 2.23. The van der Waals surface area contributed by atoms with E-state index in [2.05, 4.69) is 31.3 Å². The lowest BCUT2D eigenvalue weighted by Gasteiger charge is -2.40. The summed E-state index contributed by atoms with van der Waals surface area (Å²) in [6, 6.07) is -0.712. The Labute approximate surface area is 318 Å². The molecule has 1 rings (SSSR count). The number of rotatable bonds is 36. The SMILES string of the molecule is CCCCCCCCCC/C=C\CCCCCCCCCCCCCC(=O)NC(COC1OC(CO)C(O)C(O)C1O)C(O)CCCCCCCC. The van der Waals surface area contributed by atoms with Gasteiger partial charge in [0.05, 0.1) is 25.4 Å². The number of nitrogens with one attached hydrogen (secondary N) is 1. The maximum absolute atomic E-state index is 12.9. The molecule has 1 heterocycles. The van der Waals surface area contributed by atoms with E-state index < -0.39 is 49.5 Å². The number of hydrogen-bond donors (Lipinski definition) is 6. The Morgan fingerprint density at radius 1 is 0.635 bits per heavy atom. The van der Waals surface area contributed by atoms with Gasteiger partial charge in [0.15, 0.2) is 6.29 Å². The van der Waals surface area contributed by atoms with Crippen LogP contribution in [-0.2, 0) is 14.3 Å². The van der Waals surface area contributed by atoms with Crippen LogP contribution in [0.2, 0.25) is 0 Å². The second-order valence-electron chi connectivity index (χ2n) is 15.5. The van der Waals surface area contributed by atoms with Crippen molar-refractivity contribution in [3.05, 3.63) is 12.2 Å². The zero-order valence-electron chi connectivity index (χ0n) is 33.6. The second-order valence-corrected chi connectivity index (χ2v) is 15.5. The number of ether oxygens (including phenoxy) is 2. The summed E-state index contributed by atoms with van der Waals surface area (Å²) in [6.45, 7) is 3.76. The van der Waals surface area contributed by atoms with Crippen molar-refractivity contribution < 1.29 is 39.8 Å². The van der Waals surface area contributed by atoms with Gasteiger partial charge in [-0.1, -0.05) is 167 Å². The molecule has 308 valence electrons. The van der Waals surface area contributed by atoms with E-state index in [9.17, 15) is 30.3 Å². The number of hydrogen-bond acceptors (Lipinski definition) is 8. The predicted molar refractivity (Wildman–Crippen MR) is 212 cm³/mol. The zero-order chi connectivity index (χ0) is 38.1. The van der Waals surface area contributed by atoms with Crippen LogP contribution in [0.3, 0.4) is 0 Å². The van der Waals surface area contributed by atoms with Crippen LogP contribution in [0.25, 0.3) is 0 Å². The molecular weight excluding hydrogens is 658 g/mol. The summed E-state index contributed by atoms with van der Waals surface area (Å²) < 4.78 is 11.2. The molecule has 0 radical (unpaired) electrons. The summed E-state index contributed by atoms with van der Waals surface area (Å²) in [5, 5.41) is 53.9. The standard InChI is InChI=1S/C43H83NO8/c1-3-5-7-9-11-12-13-14-15-16-17-18-19-20-21-22-23-24-25-26-27-29-31-33-39(47)44-36(37(46)32-30-28-10-8-6-4-2)35-51-43-42(50)41(49)40(48)38(34-45)52-43/h16-17,36-38,40-43,45-46,48-50H,3-15,18-35H2,1-2H3,(H,44,47)/b17-16-. The third-order valence-electron chi connectivity index (χ3n) is 10.6. The van der Waals surface area contributed by atoms with Crippen LogP contribution in [-0.4, -0.2) is 87.5 Å². The molecule has 0 saturated carbocycles. The van der Waals surface area contributed by atoms with E-state index in [-0.39, 0.29) is 12.5 Å². The molecule has 0 spiro atoms. The molecule has 52 heavy (non-hydrogen) atoms. The molecule has 9 heteroatoms. The van der Waals surface area contributed by atoms with Crippen molar-refractivity contribution in [3.63, 3.8) is 0 Å². The van der Waals surface area contributed by atoms with Gasteiger partial charge in [0, 0.05) is 6.42 Å². The van der Waals surface area contributed by atoms with Gasteiger partial charge in [-0.3, -0.25) is 4.79 Å². The molecule has 7 atom stereocenters. The van der Waals surface area contributed by atoms with Gasteiger partial charge >= 0.3 is 0 Å². The summed E-state index contributed by atoms with van der Waals surface area (Å²) in [7, 11) is 0. The molecular formula is C43H83NO8. The Kier molecular flexibility index (Phi) is 32.4. The number of amides is 1. The summed E-state index contributed by atoms with van der Waals surface area (Å²) in [5.74, 6) is -0.150. The van der Waals surface area contributed by atoms with Crippen molar-refractivity contribution in [2.45, 2.75) is 243 Å². The van der Waals surface area contributed by atoms with Gasteiger partial charge < -0.3 is 40.3 Å². The van der Waals surface area contributed by atoms with Crippen LogP contribution in [0, 0.1) is 0 Å². The Morgan fingerprint density at radius 2 is 1.08 bits per heavy atom. The lowest BCUT2D eigenvalue weighted by molar-refractivity contribution is -0.302. The van der Waals surface area contributed by atoms with E-state index in [0.29, 0.717) is 12.8 Å². The van der Waals surface area contributed by atoms with Gasteiger partial charge in [0.2, 0.25) is 5.91 Å². The summed E-state index contributed by atoms with van der Waals surface area (Å²) in [6.07, 6.45) is 31.2. The first-order chi connectivity index (χ1) is 25.3. The van der Waals surface area contributed by atoms with Crippen molar-refractivity contribution in [2.24, 2.45) is 0 Å². The van der Waals surface area contributed by atoms with E-state index in [1.54, 1.807) is 0 Å². The largest absolute Gasteiger partial charge is 0.394 e. The Balaban J connectivity index is 2.17. The average molecular weight is 742 g/mol. The van der Waals surface area contributed by atoms with Crippen LogP contribution >= 0.6 is 0 Å². The van der Waals surface area contributed by atoms with E-state index in [0.717, 1.165) is 38.5 Å². The first-order valence-electron chi connectivity index (χ1n) is 21.9. The predicted octanol–water partition coefficient (Wildman–Crippen LogP) is 8.56. The third kappa shape index (κ3) is 25.1. The minimum atomic E-state index is -1.55. The molecule has 1 saturated heterocycles. The van der Waals surface area contributed by atoms with Gasteiger partial charge in [-0.05, 0) is 38.5 Å². The topological polar surface area (TPSA) is 149 Å².